The molecule has 6 nitrogen and oxygen atoms in total. The molecule has 3 aromatic carbocycles. The van der Waals surface area contributed by atoms with Crippen LogP contribution >= 0.6 is 31.9 Å². The van der Waals surface area contributed by atoms with Gasteiger partial charge in [-0.2, -0.15) is 0 Å². The predicted octanol–water partition coefficient (Wildman–Crippen LogP) is 6.57. The van der Waals surface area contributed by atoms with Crippen LogP contribution in [0.3, 0.4) is 0 Å². The van der Waals surface area contributed by atoms with E-state index in [1.54, 1.807) is 7.11 Å². The molecular weight excluding hydrogens is 528 g/mol. The van der Waals surface area contributed by atoms with Gasteiger partial charge in [-0.25, -0.2) is 4.98 Å². The van der Waals surface area contributed by atoms with Crippen molar-refractivity contribution in [3.63, 3.8) is 0 Å². The second kappa shape index (κ2) is 9.11. The van der Waals surface area contributed by atoms with E-state index >= 15 is 0 Å². The van der Waals surface area contributed by atoms with E-state index in [1.165, 1.54) is 0 Å². The first-order chi connectivity index (χ1) is 14.9. The molecule has 0 aliphatic rings. The number of carboxylic acid groups (broad SMARTS) is 1. The van der Waals surface area contributed by atoms with Gasteiger partial charge in [-0.1, -0.05) is 12.1 Å². The quantitative estimate of drug-likeness (QED) is 0.274. The number of imidazole rings is 1. The Bertz CT molecular complexity index is 1250. The van der Waals surface area contributed by atoms with Crippen LogP contribution in [0.5, 0.6) is 17.2 Å². The maximum absolute atomic E-state index is 10.8. The summed E-state index contributed by atoms with van der Waals surface area (Å²) in [5.74, 6) is 1.94. The van der Waals surface area contributed by atoms with Crippen LogP contribution in [0.4, 0.5) is 0 Å². The van der Waals surface area contributed by atoms with Crippen molar-refractivity contribution < 1.29 is 19.4 Å². The third kappa shape index (κ3) is 4.91. The van der Waals surface area contributed by atoms with E-state index in [4.69, 9.17) is 19.6 Å². The van der Waals surface area contributed by atoms with Gasteiger partial charge in [0.1, 0.15) is 17.3 Å². The Morgan fingerprint density at radius 3 is 2.55 bits per heavy atom. The number of aryl methyl sites for hydroxylation is 1. The first-order valence-electron chi connectivity index (χ1n) is 9.44. The zero-order valence-electron chi connectivity index (χ0n) is 16.5. The first kappa shape index (κ1) is 21.4. The Hall–Kier alpha value is -2.84. The summed E-state index contributed by atoms with van der Waals surface area (Å²) in [5, 5.41) is 8.89. The summed E-state index contributed by atoms with van der Waals surface area (Å²) >= 11 is 7.05. The minimum Gasteiger partial charge on any atom is -0.497 e. The predicted molar refractivity (Wildman–Crippen MR) is 126 cm³/mol. The van der Waals surface area contributed by atoms with E-state index in [2.05, 4.69) is 36.8 Å². The van der Waals surface area contributed by atoms with Crippen LogP contribution in [-0.2, 0) is 11.2 Å². The monoisotopic (exact) mass is 544 g/mol. The Balaban J connectivity index is 1.60. The third-order valence-corrected chi connectivity index (χ3v) is 5.88. The number of aromatic nitrogens is 2. The molecule has 0 saturated heterocycles. The number of carboxylic acids is 1. The van der Waals surface area contributed by atoms with Gasteiger partial charge in [0.05, 0.1) is 27.1 Å². The van der Waals surface area contributed by atoms with E-state index in [0.29, 0.717) is 17.9 Å². The highest BCUT2D eigenvalue weighted by Gasteiger charge is 2.13. The van der Waals surface area contributed by atoms with Gasteiger partial charge in [-0.15, -0.1) is 0 Å². The van der Waals surface area contributed by atoms with E-state index in [9.17, 15) is 4.79 Å². The van der Waals surface area contributed by atoms with E-state index < -0.39 is 5.97 Å². The van der Waals surface area contributed by atoms with Gasteiger partial charge in [0.15, 0.2) is 5.75 Å². The van der Waals surface area contributed by atoms with Gasteiger partial charge in [-0.3, -0.25) is 4.79 Å². The summed E-state index contributed by atoms with van der Waals surface area (Å²) in [6.45, 7) is 0. The molecule has 0 aliphatic heterocycles. The third-order valence-electron chi connectivity index (χ3n) is 4.70. The highest BCUT2D eigenvalue weighted by Crippen LogP contribution is 2.38. The minimum absolute atomic E-state index is 0.0739. The topological polar surface area (TPSA) is 84.4 Å². The van der Waals surface area contributed by atoms with Crippen molar-refractivity contribution >= 4 is 48.9 Å². The van der Waals surface area contributed by atoms with Crippen LogP contribution in [0.25, 0.3) is 22.4 Å². The van der Waals surface area contributed by atoms with Crippen LogP contribution in [-0.4, -0.2) is 28.2 Å². The fraction of sp³-hybridized carbons (Fsp3) is 0.130. The number of nitrogens with one attached hydrogen (secondary N) is 1. The van der Waals surface area contributed by atoms with Crippen LogP contribution in [0.1, 0.15) is 12.0 Å². The highest BCUT2D eigenvalue weighted by atomic mass is 79.9. The molecule has 2 N–H and O–H groups in total. The van der Waals surface area contributed by atoms with Gasteiger partial charge < -0.3 is 19.6 Å². The van der Waals surface area contributed by atoms with Crippen LogP contribution in [0.15, 0.2) is 63.5 Å². The maximum atomic E-state index is 10.8. The molecule has 1 aromatic heterocycles. The first-order valence-corrected chi connectivity index (χ1v) is 11.0. The Morgan fingerprint density at radius 2 is 1.84 bits per heavy atom. The van der Waals surface area contributed by atoms with E-state index in [0.717, 1.165) is 42.7 Å². The van der Waals surface area contributed by atoms with Crippen molar-refractivity contribution in [3.05, 3.63) is 69.1 Å². The molecule has 0 amide bonds. The minimum atomic E-state index is -0.826. The molecule has 8 heteroatoms. The Labute approximate surface area is 195 Å². The van der Waals surface area contributed by atoms with Gasteiger partial charge in [0.2, 0.25) is 0 Å². The molecule has 0 aliphatic carbocycles. The number of H-pyrrole nitrogens is 1. The molecule has 4 aromatic rings. The second-order valence-corrected chi connectivity index (χ2v) is 8.59. The van der Waals surface area contributed by atoms with Gasteiger partial charge in [0, 0.05) is 18.1 Å². The number of carbonyl (C=O) groups is 1. The lowest BCUT2D eigenvalue weighted by Gasteiger charge is -2.12. The summed E-state index contributed by atoms with van der Waals surface area (Å²) in [4.78, 5) is 18.8. The number of aliphatic carboxylic acids is 1. The van der Waals surface area contributed by atoms with Gasteiger partial charge in [0.25, 0.3) is 0 Å². The molecular formula is C23H18Br2N2O4. The van der Waals surface area contributed by atoms with Gasteiger partial charge >= 0.3 is 5.97 Å². The molecule has 4 rings (SSSR count). The summed E-state index contributed by atoms with van der Waals surface area (Å²) in [5.41, 5.74) is 3.51. The molecule has 158 valence electrons. The highest BCUT2D eigenvalue weighted by molar-refractivity contribution is 9.11. The average molecular weight is 546 g/mol. The number of halogens is 2. The SMILES string of the molecule is COc1cccc(-c2nc3cc(Oc4c(Br)cc(CCC(=O)O)cc4Br)ccc3[nH]2)c1. The van der Waals surface area contributed by atoms with Crippen LogP contribution < -0.4 is 9.47 Å². The number of rotatable bonds is 7. The molecule has 0 atom stereocenters. The van der Waals surface area contributed by atoms with Crippen molar-refractivity contribution in [2.24, 2.45) is 0 Å². The van der Waals surface area contributed by atoms with Crippen molar-refractivity contribution in [1.29, 1.82) is 0 Å². The van der Waals surface area contributed by atoms with Crippen molar-refractivity contribution in [3.8, 4) is 28.6 Å². The van der Waals surface area contributed by atoms with Crippen molar-refractivity contribution in [2.75, 3.05) is 7.11 Å². The lowest BCUT2D eigenvalue weighted by molar-refractivity contribution is -0.136. The number of benzene rings is 3. The number of aromatic amines is 1. The molecule has 0 spiro atoms. The van der Waals surface area contributed by atoms with E-state index in [-0.39, 0.29) is 6.42 Å². The Morgan fingerprint density at radius 1 is 1.06 bits per heavy atom. The van der Waals surface area contributed by atoms with Crippen LogP contribution in [0, 0.1) is 0 Å². The summed E-state index contributed by atoms with van der Waals surface area (Å²) < 4.78 is 12.9. The normalized spacial score (nSPS) is 10.9. The zero-order valence-corrected chi connectivity index (χ0v) is 19.7. The fourth-order valence-corrected chi connectivity index (χ4v) is 4.62. The lowest BCUT2D eigenvalue weighted by Crippen LogP contribution is -1.98. The molecule has 1 heterocycles. The molecule has 0 unspecified atom stereocenters. The van der Waals surface area contributed by atoms with Crippen molar-refractivity contribution in [1.82, 2.24) is 9.97 Å². The molecule has 0 bridgehead atoms. The summed E-state index contributed by atoms with van der Waals surface area (Å²) in [6.07, 6.45) is 0.517. The largest absolute Gasteiger partial charge is 0.497 e. The van der Waals surface area contributed by atoms with Gasteiger partial charge in [-0.05, 0) is 80.2 Å². The van der Waals surface area contributed by atoms with Crippen LogP contribution in [0.2, 0.25) is 0 Å². The smallest absolute Gasteiger partial charge is 0.303 e. The molecule has 31 heavy (non-hydrogen) atoms. The summed E-state index contributed by atoms with van der Waals surface area (Å²) in [7, 11) is 1.64. The zero-order chi connectivity index (χ0) is 22.0. The second-order valence-electron chi connectivity index (χ2n) is 6.88. The standard InChI is InChI=1S/C23H18Br2N2O4/c1-30-15-4-2-3-14(11-15)23-26-19-7-6-16(12-20(19)27-23)31-22-17(24)9-13(10-18(22)25)5-8-21(28)29/h2-4,6-7,9-12H,5,8H2,1H3,(H,26,27)(H,28,29). The number of ether oxygens (including phenoxy) is 2. The molecule has 0 fully saturated rings. The molecule has 0 radical (unpaired) electrons. The fourth-order valence-electron chi connectivity index (χ4n) is 3.18. The number of methoxy groups -OCH3 is 1. The number of fused-ring (bicyclic) bond motifs is 1. The Kier molecular flexibility index (Phi) is 6.29. The number of hydrogen-bond donors (Lipinski definition) is 2. The number of hydrogen-bond acceptors (Lipinski definition) is 4. The lowest BCUT2D eigenvalue weighted by atomic mass is 10.1. The van der Waals surface area contributed by atoms with Crippen molar-refractivity contribution in [2.45, 2.75) is 12.8 Å². The maximum Gasteiger partial charge on any atom is 0.303 e. The number of nitrogens with zero attached hydrogens (tertiary/aromatic N) is 1. The summed E-state index contributed by atoms with van der Waals surface area (Å²) in [6, 6.07) is 17.1. The molecule has 0 saturated carbocycles. The average Bonchev–Trinajstić information content (AvgIpc) is 3.18. The van der Waals surface area contributed by atoms with E-state index in [1.807, 2.05) is 54.6 Å².